The van der Waals surface area contributed by atoms with Gasteiger partial charge in [0.15, 0.2) is 12.4 Å². The Bertz CT molecular complexity index is 1200. The van der Waals surface area contributed by atoms with Crippen LogP contribution in [0.1, 0.15) is 57.9 Å². The normalized spacial score (nSPS) is 58.3. The number of hydrogen-bond donors (Lipinski definition) is 6. The van der Waals surface area contributed by atoms with Crippen molar-refractivity contribution in [2.24, 2.45) is 17.3 Å². The number of carboxylic acid groups (broad SMARTS) is 1. The predicted octanol–water partition coefficient (Wildman–Crippen LogP) is 0.496. The van der Waals surface area contributed by atoms with Crippen LogP contribution in [-0.2, 0) is 20.7 Å². The van der Waals surface area contributed by atoms with Crippen LogP contribution in [0, 0.1) is 17.3 Å². The monoisotopic (exact) mass is 470 g/mol. The van der Waals surface area contributed by atoms with E-state index in [1.54, 1.807) is 6.92 Å². The molecule has 9 heteroatoms. The molecule has 182 valence electrons. The number of ether oxygens (including phenoxy) is 2. The lowest BCUT2D eigenvalue weighted by molar-refractivity contribution is -0.309. The highest BCUT2D eigenvalue weighted by Crippen LogP contribution is 2.61. The zero-order chi connectivity index (χ0) is 29.0. The molecule has 4 aliphatic rings. The molecule has 1 aromatic carbocycles. The smallest absolute Gasteiger partial charge is 0.335 e. The van der Waals surface area contributed by atoms with E-state index >= 15 is 0 Å². The lowest BCUT2D eigenvalue weighted by Gasteiger charge is -2.49. The number of aliphatic hydroxyl groups is 4. The molecule has 0 bridgehead atoms. The van der Waals surface area contributed by atoms with Crippen molar-refractivity contribution in [3.05, 3.63) is 29.3 Å². The van der Waals surface area contributed by atoms with Gasteiger partial charge in [0.1, 0.15) is 24.1 Å². The number of hydrogen-bond acceptors (Lipinski definition) is 8. The first-order valence-electron chi connectivity index (χ1n) is 14.1. The van der Waals surface area contributed by atoms with Gasteiger partial charge in [-0.15, -0.1) is 0 Å². The van der Waals surface area contributed by atoms with Crippen molar-refractivity contribution in [2.75, 3.05) is 0 Å². The Hall–Kier alpha value is -1.75. The number of phenols is 1. The molecular formula is C24H32O9. The zero-order valence-electron chi connectivity index (χ0n) is 23.9. The number of aliphatic hydroxyl groups excluding tert-OH is 3. The first-order chi connectivity index (χ1) is 17.9. The fourth-order valence-electron chi connectivity index (χ4n) is 5.88. The second-order valence-electron chi connectivity index (χ2n) is 9.51. The minimum Gasteiger partial charge on any atom is -0.508 e. The van der Waals surface area contributed by atoms with E-state index < -0.39 is 84.1 Å². The summed E-state index contributed by atoms with van der Waals surface area (Å²) in [6.45, 7) is 1.57. The van der Waals surface area contributed by atoms with Crippen LogP contribution in [0.25, 0.3) is 0 Å². The third-order valence-electron chi connectivity index (χ3n) is 7.77. The summed E-state index contributed by atoms with van der Waals surface area (Å²) in [5, 5.41) is 61.6. The van der Waals surface area contributed by atoms with Crippen molar-refractivity contribution in [1.82, 2.24) is 0 Å². The molecule has 0 radical (unpaired) electrons. The Morgan fingerprint density at radius 2 is 2.03 bits per heavy atom. The molecule has 0 spiro atoms. The Balaban J connectivity index is 1.52. The topological polar surface area (TPSA) is 157 Å². The van der Waals surface area contributed by atoms with Crippen LogP contribution in [0.2, 0.25) is 0 Å². The van der Waals surface area contributed by atoms with Gasteiger partial charge < -0.3 is 40.1 Å². The molecule has 1 aliphatic heterocycles. The van der Waals surface area contributed by atoms with Crippen LogP contribution >= 0.6 is 0 Å². The molecule has 0 amide bonds. The van der Waals surface area contributed by atoms with Crippen LogP contribution in [0.4, 0.5) is 0 Å². The third-order valence-corrected chi connectivity index (χ3v) is 7.77. The van der Waals surface area contributed by atoms with Gasteiger partial charge in [0.25, 0.3) is 0 Å². The number of carboxylic acids is 1. The summed E-state index contributed by atoms with van der Waals surface area (Å²) >= 11 is 0. The van der Waals surface area contributed by atoms with E-state index in [0.29, 0.717) is 0 Å². The molecule has 1 unspecified atom stereocenters. The van der Waals surface area contributed by atoms with Gasteiger partial charge >= 0.3 is 5.97 Å². The Morgan fingerprint density at radius 1 is 1.27 bits per heavy atom. The van der Waals surface area contributed by atoms with Crippen LogP contribution < -0.4 is 0 Å². The maximum atomic E-state index is 11.5. The van der Waals surface area contributed by atoms with Crippen LogP contribution in [0.5, 0.6) is 5.75 Å². The van der Waals surface area contributed by atoms with Gasteiger partial charge in [-0.25, -0.2) is 4.79 Å². The quantitative estimate of drug-likeness (QED) is 0.370. The average molecular weight is 471 g/mol. The van der Waals surface area contributed by atoms with Crippen molar-refractivity contribution in [3.63, 3.8) is 0 Å². The molecule has 33 heavy (non-hydrogen) atoms. The first kappa shape index (κ1) is 16.8. The summed E-state index contributed by atoms with van der Waals surface area (Å²) in [7, 11) is 0. The molecule has 9 nitrogen and oxygen atoms in total. The van der Waals surface area contributed by atoms with E-state index in [9.17, 15) is 36.8 Å². The molecule has 6 N–H and O–H groups in total. The number of fused-ring (bicyclic) bond motifs is 5. The molecule has 12 atom stereocenters. The lowest BCUT2D eigenvalue weighted by Crippen LogP contribution is -2.61. The summed E-state index contributed by atoms with van der Waals surface area (Å²) in [4.78, 5) is 11.5. The van der Waals surface area contributed by atoms with Gasteiger partial charge in [0, 0.05) is 2.74 Å². The molecule has 0 aromatic heterocycles. The van der Waals surface area contributed by atoms with Crippen molar-refractivity contribution < 1.29 is 53.1 Å². The van der Waals surface area contributed by atoms with Crippen molar-refractivity contribution in [2.45, 2.75) is 87.8 Å². The van der Waals surface area contributed by atoms with Gasteiger partial charge in [0.05, 0.1) is 17.6 Å². The first-order valence-corrected chi connectivity index (χ1v) is 11.0. The molecule has 1 saturated heterocycles. The van der Waals surface area contributed by atoms with Gasteiger partial charge in [-0.3, -0.25) is 0 Å². The fraction of sp³-hybridized carbons (Fsp3) is 0.708. The Kier molecular flexibility index (Phi) is 4.17. The van der Waals surface area contributed by atoms with Crippen LogP contribution in [0.15, 0.2) is 18.2 Å². The average Bonchev–Trinajstić information content (AvgIpc) is 3.01. The van der Waals surface area contributed by atoms with Gasteiger partial charge in [-0.1, -0.05) is 13.0 Å². The fourth-order valence-corrected chi connectivity index (χ4v) is 5.88. The van der Waals surface area contributed by atoms with E-state index in [-0.39, 0.29) is 48.9 Å². The maximum absolute atomic E-state index is 11.5. The highest BCUT2D eigenvalue weighted by atomic mass is 16.7. The molecule has 5 rings (SSSR count). The van der Waals surface area contributed by atoms with Crippen molar-refractivity contribution >= 4 is 5.97 Å². The highest BCUT2D eigenvalue weighted by Gasteiger charge is 2.59. The standard InChI is InChI=1S/C24H32O9/c1-24-7-6-13-12-5-3-11(25)8-10(12)2-4-14(13)15(24)9-16(21(24)29)32-23-19(28)17(26)18(27)20(33-23)22(30)31/h3,5,8,13-21,23,25-29H,2,4,6-7,9H2,1H3,(H,30,31)/t13-,14-,15+,16-,17+,18+,19-,20+,21+,23-,24+/m1/s1/i2D,3D,8D,13D,16D,21D/t2?,13-,14-,15+,16-,17+,18+,19-,20+,21+,23-,24+. The minimum atomic E-state index is -2.68. The molecular weight excluding hydrogens is 432 g/mol. The van der Waals surface area contributed by atoms with Gasteiger partial charge in [0.2, 0.25) is 0 Å². The molecule has 1 heterocycles. The third kappa shape index (κ3) is 3.57. The summed E-state index contributed by atoms with van der Waals surface area (Å²) in [5.74, 6) is -5.18. The van der Waals surface area contributed by atoms with Gasteiger partial charge in [-0.05, 0) is 78.4 Å². The van der Waals surface area contributed by atoms with E-state index in [0.717, 1.165) is 0 Å². The molecule has 2 saturated carbocycles. The van der Waals surface area contributed by atoms with E-state index in [2.05, 4.69) is 0 Å². The molecule has 3 fully saturated rings. The zero-order valence-corrected chi connectivity index (χ0v) is 17.9. The second kappa shape index (κ2) is 8.18. The van der Waals surface area contributed by atoms with E-state index in [4.69, 9.17) is 16.3 Å². The van der Waals surface area contributed by atoms with Gasteiger partial charge in [-0.2, -0.15) is 0 Å². The maximum Gasteiger partial charge on any atom is 0.335 e. The Labute approximate surface area is 200 Å². The summed E-state index contributed by atoms with van der Waals surface area (Å²) in [5.41, 5.74) is -0.967. The number of rotatable bonds is 3. The minimum absolute atomic E-state index is 0.0140. The second-order valence-corrected chi connectivity index (χ2v) is 9.51. The highest BCUT2D eigenvalue weighted by molar-refractivity contribution is 5.73. The van der Waals surface area contributed by atoms with Crippen LogP contribution in [0.3, 0.4) is 0 Å². The molecule has 1 aromatic rings. The number of carbonyl (C=O) groups is 1. The van der Waals surface area contributed by atoms with Crippen molar-refractivity contribution in [3.8, 4) is 5.75 Å². The predicted molar refractivity (Wildman–Crippen MR) is 113 cm³/mol. The largest absolute Gasteiger partial charge is 0.508 e. The Morgan fingerprint density at radius 3 is 2.76 bits per heavy atom. The number of phenolic OH excluding ortho intramolecular Hbond substituents is 1. The SMILES string of the molecule is [2H]c1cc2c(c([2H])c1O)C([2H])C[C@H]1[C@@H]3C[C@@]([2H])(O[C@@H]4O[C@H](C(=O)O)[C@@H](O)[C@H](O)[C@H]4O)[C@]([2H])(O)[C@@]3(C)CC[C@]21[2H]. The van der Waals surface area contributed by atoms with Crippen molar-refractivity contribution in [1.29, 1.82) is 0 Å². The number of aliphatic carboxylic acids is 1. The van der Waals surface area contributed by atoms with E-state index in [1.165, 1.54) is 6.07 Å². The number of benzene rings is 1. The van der Waals surface area contributed by atoms with Crippen LogP contribution in [-0.4, -0.2) is 79.5 Å². The lowest BCUT2D eigenvalue weighted by atomic mass is 9.55. The number of aromatic hydroxyl groups is 1. The summed E-state index contributed by atoms with van der Waals surface area (Å²) < 4.78 is 63.2. The summed E-state index contributed by atoms with van der Waals surface area (Å²) in [6, 6.07) is 0.545. The summed E-state index contributed by atoms with van der Waals surface area (Å²) in [6.07, 6.45) is -16.5. The molecule has 3 aliphatic carbocycles. The van der Waals surface area contributed by atoms with E-state index in [1.807, 2.05) is 0 Å².